The van der Waals surface area contributed by atoms with E-state index in [0.29, 0.717) is 5.69 Å². The SMILES string of the molecule is CCc1cccc(C)c1NC(=O)[C@H](C)NS(=O)(=O)c1ccc(F)cc1. The van der Waals surface area contributed by atoms with Crippen molar-refractivity contribution in [3.05, 3.63) is 59.4 Å². The maximum atomic E-state index is 12.9. The summed E-state index contributed by atoms with van der Waals surface area (Å²) in [5.74, 6) is -0.994. The molecular formula is C18H21FN2O3S. The molecule has 0 heterocycles. The van der Waals surface area contributed by atoms with Gasteiger partial charge < -0.3 is 5.32 Å². The smallest absolute Gasteiger partial charge is 0.242 e. The van der Waals surface area contributed by atoms with Crippen LogP contribution < -0.4 is 10.0 Å². The number of benzene rings is 2. The third-order valence-corrected chi connectivity index (χ3v) is 5.39. The maximum Gasteiger partial charge on any atom is 0.242 e. The lowest BCUT2D eigenvalue weighted by Crippen LogP contribution is -2.41. The average Bonchev–Trinajstić information content (AvgIpc) is 2.56. The van der Waals surface area contributed by atoms with Crippen LogP contribution in [-0.2, 0) is 21.2 Å². The fraction of sp³-hybridized carbons (Fsp3) is 0.278. The van der Waals surface area contributed by atoms with E-state index in [-0.39, 0.29) is 4.90 Å². The van der Waals surface area contributed by atoms with Crippen molar-refractivity contribution in [2.24, 2.45) is 0 Å². The first-order valence-corrected chi connectivity index (χ1v) is 9.40. The number of hydrogen-bond donors (Lipinski definition) is 2. The molecule has 2 N–H and O–H groups in total. The molecule has 1 amide bonds. The molecule has 134 valence electrons. The molecule has 0 aromatic heterocycles. The van der Waals surface area contributed by atoms with Crippen LogP contribution in [0.15, 0.2) is 47.4 Å². The number of hydrogen-bond acceptors (Lipinski definition) is 3. The molecule has 0 spiro atoms. The first-order chi connectivity index (χ1) is 11.7. The molecule has 5 nitrogen and oxygen atoms in total. The van der Waals surface area contributed by atoms with Gasteiger partial charge in [-0.2, -0.15) is 4.72 Å². The topological polar surface area (TPSA) is 75.3 Å². The van der Waals surface area contributed by atoms with Crippen LogP contribution in [0.1, 0.15) is 25.0 Å². The standard InChI is InChI=1S/C18H21FN2O3S/c1-4-14-7-5-6-12(2)17(14)20-18(22)13(3)21-25(23,24)16-10-8-15(19)9-11-16/h5-11,13,21H,4H2,1-3H3,(H,20,22)/t13-/m0/s1. The number of halogens is 1. The highest BCUT2D eigenvalue weighted by molar-refractivity contribution is 7.89. The Labute approximate surface area is 147 Å². The van der Waals surface area contributed by atoms with Gasteiger partial charge in [0.1, 0.15) is 5.82 Å². The lowest BCUT2D eigenvalue weighted by Gasteiger charge is -2.17. The van der Waals surface area contributed by atoms with E-state index >= 15 is 0 Å². The molecule has 2 aromatic rings. The van der Waals surface area contributed by atoms with E-state index in [2.05, 4.69) is 10.0 Å². The van der Waals surface area contributed by atoms with Crippen LogP contribution in [0.5, 0.6) is 0 Å². The molecule has 0 radical (unpaired) electrons. The predicted molar refractivity (Wildman–Crippen MR) is 95.4 cm³/mol. The van der Waals surface area contributed by atoms with Gasteiger partial charge in [-0.05, 0) is 55.7 Å². The minimum Gasteiger partial charge on any atom is -0.324 e. The van der Waals surface area contributed by atoms with Crippen molar-refractivity contribution in [1.29, 1.82) is 0 Å². The Morgan fingerprint density at radius 2 is 1.80 bits per heavy atom. The monoisotopic (exact) mass is 364 g/mol. The summed E-state index contributed by atoms with van der Waals surface area (Å²) >= 11 is 0. The van der Waals surface area contributed by atoms with Gasteiger partial charge in [0.05, 0.1) is 10.9 Å². The van der Waals surface area contributed by atoms with Gasteiger partial charge in [-0.1, -0.05) is 25.1 Å². The second-order valence-corrected chi connectivity index (χ2v) is 7.46. The van der Waals surface area contributed by atoms with E-state index in [1.54, 1.807) is 0 Å². The van der Waals surface area contributed by atoms with E-state index in [9.17, 15) is 17.6 Å². The predicted octanol–water partition coefficient (Wildman–Crippen LogP) is 3.00. The molecule has 0 saturated heterocycles. The zero-order valence-electron chi connectivity index (χ0n) is 14.3. The van der Waals surface area contributed by atoms with Crippen LogP contribution in [0.25, 0.3) is 0 Å². The van der Waals surface area contributed by atoms with Gasteiger partial charge in [-0.15, -0.1) is 0 Å². The minimum atomic E-state index is -3.92. The van der Waals surface area contributed by atoms with Crippen molar-refractivity contribution in [1.82, 2.24) is 4.72 Å². The summed E-state index contributed by atoms with van der Waals surface area (Å²) < 4.78 is 39.8. The van der Waals surface area contributed by atoms with E-state index in [4.69, 9.17) is 0 Å². The quantitative estimate of drug-likeness (QED) is 0.827. The molecule has 25 heavy (non-hydrogen) atoms. The normalized spacial score (nSPS) is 12.6. The average molecular weight is 364 g/mol. The lowest BCUT2D eigenvalue weighted by atomic mass is 10.1. The number of nitrogens with one attached hydrogen (secondary N) is 2. The molecule has 0 aliphatic carbocycles. The summed E-state index contributed by atoms with van der Waals surface area (Å²) in [4.78, 5) is 12.3. The lowest BCUT2D eigenvalue weighted by molar-refractivity contribution is -0.117. The Kier molecular flexibility index (Phi) is 5.92. The van der Waals surface area contributed by atoms with Crippen molar-refractivity contribution >= 4 is 21.6 Å². The number of aryl methyl sites for hydroxylation is 2. The largest absolute Gasteiger partial charge is 0.324 e. The Morgan fingerprint density at radius 1 is 1.16 bits per heavy atom. The zero-order chi connectivity index (χ0) is 18.6. The van der Waals surface area contributed by atoms with E-state index < -0.39 is 27.8 Å². The van der Waals surface area contributed by atoms with Crippen molar-refractivity contribution < 1.29 is 17.6 Å². The molecule has 0 aliphatic heterocycles. The summed E-state index contributed by atoms with van der Waals surface area (Å²) in [7, 11) is -3.92. The summed E-state index contributed by atoms with van der Waals surface area (Å²) in [5.41, 5.74) is 2.58. The minimum absolute atomic E-state index is 0.0984. The number of para-hydroxylation sites is 1. The molecule has 0 unspecified atom stereocenters. The van der Waals surface area contributed by atoms with Gasteiger partial charge in [0.25, 0.3) is 0 Å². The number of amides is 1. The van der Waals surface area contributed by atoms with Crippen LogP contribution in [0, 0.1) is 12.7 Å². The number of carbonyl (C=O) groups is 1. The Morgan fingerprint density at radius 3 is 2.40 bits per heavy atom. The van der Waals surface area contributed by atoms with E-state index in [0.717, 1.165) is 41.8 Å². The third-order valence-electron chi connectivity index (χ3n) is 3.84. The number of rotatable bonds is 6. The molecular weight excluding hydrogens is 343 g/mol. The second kappa shape index (κ2) is 7.76. The molecule has 0 bridgehead atoms. The van der Waals surface area contributed by atoms with Gasteiger partial charge >= 0.3 is 0 Å². The van der Waals surface area contributed by atoms with E-state index in [1.807, 2.05) is 32.0 Å². The second-order valence-electron chi connectivity index (χ2n) is 5.75. The highest BCUT2D eigenvalue weighted by atomic mass is 32.2. The van der Waals surface area contributed by atoms with Crippen LogP contribution >= 0.6 is 0 Å². The maximum absolute atomic E-state index is 12.9. The van der Waals surface area contributed by atoms with Crippen molar-refractivity contribution in [3.8, 4) is 0 Å². The van der Waals surface area contributed by atoms with Crippen molar-refractivity contribution in [2.75, 3.05) is 5.32 Å². The summed E-state index contributed by atoms with van der Waals surface area (Å²) in [6, 6.07) is 9.12. The number of carbonyl (C=O) groups excluding carboxylic acids is 1. The summed E-state index contributed by atoms with van der Waals surface area (Å²) in [5, 5.41) is 2.79. The highest BCUT2D eigenvalue weighted by Gasteiger charge is 2.23. The van der Waals surface area contributed by atoms with Crippen LogP contribution in [0.4, 0.5) is 10.1 Å². The highest BCUT2D eigenvalue weighted by Crippen LogP contribution is 2.21. The third kappa shape index (κ3) is 4.64. The zero-order valence-corrected chi connectivity index (χ0v) is 15.2. The van der Waals surface area contributed by atoms with Crippen LogP contribution in [-0.4, -0.2) is 20.4 Å². The fourth-order valence-corrected chi connectivity index (χ4v) is 3.60. The first-order valence-electron chi connectivity index (χ1n) is 7.92. The molecule has 2 aromatic carbocycles. The first kappa shape index (κ1) is 19.1. The van der Waals surface area contributed by atoms with Gasteiger partial charge in [0.2, 0.25) is 15.9 Å². The van der Waals surface area contributed by atoms with Crippen molar-refractivity contribution in [2.45, 2.75) is 38.1 Å². The van der Waals surface area contributed by atoms with Gasteiger partial charge in [0, 0.05) is 5.69 Å². The molecule has 7 heteroatoms. The molecule has 0 fully saturated rings. The number of sulfonamides is 1. The Balaban J connectivity index is 2.14. The van der Waals surface area contributed by atoms with Crippen LogP contribution in [0.2, 0.25) is 0 Å². The summed E-state index contributed by atoms with van der Waals surface area (Å²) in [6.07, 6.45) is 0.743. The van der Waals surface area contributed by atoms with Crippen molar-refractivity contribution in [3.63, 3.8) is 0 Å². The molecule has 0 saturated carbocycles. The molecule has 0 aliphatic rings. The molecule has 2 rings (SSSR count). The summed E-state index contributed by atoms with van der Waals surface area (Å²) in [6.45, 7) is 5.31. The van der Waals surface area contributed by atoms with E-state index in [1.165, 1.54) is 6.92 Å². The Bertz CT molecular complexity index is 864. The van der Waals surface area contributed by atoms with Gasteiger partial charge in [0.15, 0.2) is 0 Å². The Hall–Kier alpha value is -2.25. The van der Waals surface area contributed by atoms with Gasteiger partial charge in [-0.25, -0.2) is 12.8 Å². The molecule has 1 atom stereocenters. The van der Waals surface area contributed by atoms with Gasteiger partial charge in [-0.3, -0.25) is 4.79 Å². The number of anilines is 1. The fourth-order valence-electron chi connectivity index (χ4n) is 2.40. The van der Waals surface area contributed by atoms with Crippen LogP contribution in [0.3, 0.4) is 0 Å².